The Bertz CT molecular complexity index is 624. The second-order valence-corrected chi connectivity index (χ2v) is 6.47. The van der Waals surface area contributed by atoms with Gasteiger partial charge in [-0.1, -0.05) is 42.5 Å². The van der Waals surface area contributed by atoms with Gasteiger partial charge in [-0.3, -0.25) is 0 Å². The summed E-state index contributed by atoms with van der Waals surface area (Å²) in [5.41, 5.74) is 4.13. The monoisotopic (exact) mass is 309 g/mol. The van der Waals surface area contributed by atoms with Crippen molar-refractivity contribution >= 4 is 11.4 Å². The van der Waals surface area contributed by atoms with E-state index in [1.165, 1.54) is 16.9 Å². The van der Waals surface area contributed by atoms with E-state index in [0.29, 0.717) is 6.04 Å². The zero-order valence-corrected chi connectivity index (χ0v) is 14.4. The topological polar surface area (TPSA) is 9.72 Å². The lowest BCUT2D eigenvalue weighted by molar-refractivity contribution is 0.377. The van der Waals surface area contributed by atoms with Crippen molar-refractivity contribution in [2.75, 3.05) is 43.7 Å². The van der Waals surface area contributed by atoms with Crippen LogP contribution in [0.15, 0.2) is 54.6 Å². The van der Waals surface area contributed by atoms with Crippen molar-refractivity contribution in [3.05, 3.63) is 60.2 Å². The predicted octanol–water partition coefficient (Wildman–Crippen LogP) is 3.98. The maximum Gasteiger partial charge on any atom is 0.0910 e. The maximum absolute atomic E-state index is 2.57. The van der Waals surface area contributed by atoms with E-state index in [1.807, 2.05) is 0 Å². The van der Waals surface area contributed by atoms with Gasteiger partial charge in [0.2, 0.25) is 0 Å². The fraction of sp³-hybridized carbons (Fsp3) is 0.400. The first kappa shape index (κ1) is 15.9. The molecule has 1 unspecified atom stereocenters. The molecule has 1 atom stereocenters. The van der Waals surface area contributed by atoms with Crippen LogP contribution in [0.2, 0.25) is 0 Å². The molecule has 0 saturated carbocycles. The van der Waals surface area contributed by atoms with Crippen molar-refractivity contribution in [2.24, 2.45) is 0 Å². The molecule has 0 spiro atoms. The fourth-order valence-electron chi connectivity index (χ4n) is 3.41. The lowest BCUT2D eigenvalue weighted by atomic mass is 10.0. The first-order valence-electron chi connectivity index (χ1n) is 8.51. The van der Waals surface area contributed by atoms with Crippen molar-refractivity contribution in [1.82, 2.24) is 4.90 Å². The van der Waals surface area contributed by atoms with Crippen LogP contribution >= 0.6 is 0 Å². The number of benzene rings is 2. The molecule has 3 heteroatoms. The van der Waals surface area contributed by atoms with Crippen LogP contribution in [-0.4, -0.2) is 38.8 Å². The van der Waals surface area contributed by atoms with E-state index in [-0.39, 0.29) is 0 Å². The number of hydrogen-bond donors (Lipinski definition) is 0. The van der Waals surface area contributed by atoms with Crippen LogP contribution in [-0.2, 0) is 0 Å². The van der Waals surface area contributed by atoms with Crippen molar-refractivity contribution in [1.29, 1.82) is 0 Å². The second kappa shape index (κ2) is 7.05. The van der Waals surface area contributed by atoms with Crippen molar-refractivity contribution in [2.45, 2.75) is 19.4 Å². The Labute approximate surface area is 140 Å². The Morgan fingerprint density at radius 1 is 0.957 bits per heavy atom. The van der Waals surface area contributed by atoms with Crippen LogP contribution < -0.4 is 9.80 Å². The highest BCUT2D eigenvalue weighted by Gasteiger charge is 2.30. The molecule has 1 aliphatic rings. The van der Waals surface area contributed by atoms with Gasteiger partial charge in [-0.25, -0.2) is 0 Å². The molecular weight excluding hydrogens is 282 g/mol. The zero-order chi connectivity index (χ0) is 16.2. The molecule has 2 aromatic carbocycles. The summed E-state index contributed by atoms with van der Waals surface area (Å²) in [5.74, 6) is 0. The molecule has 122 valence electrons. The van der Waals surface area contributed by atoms with E-state index in [2.05, 4.69) is 90.3 Å². The van der Waals surface area contributed by atoms with Gasteiger partial charge in [-0.05, 0) is 51.7 Å². The number of nitrogens with zero attached hydrogens (tertiary/aromatic N) is 3. The molecule has 0 aromatic heterocycles. The number of fused-ring (bicyclic) bond motifs is 1. The quantitative estimate of drug-likeness (QED) is 0.799. The average molecular weight is 309 g/mol. The van der Waals surface area contributed by atoms with Crippen LogP contribution in [0, 0.1) is 0 Å². The highest BCUT2D eigenvalue weighted by molar-refractivity contribution is 5.76. The molecule has 3 nitrogen and oxygen atoms in total. The number of rotatable bonds is 6. The Kier molecular flexibility index (Phi) is 4.87. The third-order valence-electron chi connectivity index (χ3n) is 4.65. The molecule has 0 radical (unpaired) electrons. The first-order valence-corrected chi connectivity index (χ1v) is 8.51. The lowest BCUT2D eigenvalue weighted by Gasteiger charge is -2.32. The third-order valence-corrected chi connectivity index (χ3v) is 4.65. The SMILES string of the molecule is CCN1CN(C(CCN(C)C)c2ccccc2)c2ccccc21. The van der Waals surface area contributed by atoms with Gasteiger partial charge >= 0.3 is 0 Å². The van der Waals surface area contributed by atoms with Gasteiger partial charge in [-0.2, -0.15) is 0 Å². The average Bonchev–Trinajstić information content (AvgIpc) is 2.95. The molecule has 0 fully saturated rings. The van der Waals surface area contributed by atoms with Gasteiger partial charge in [0, 0.05) is 6.54 Å². The Hall–Kier alpha value is -2.00. The summed E-state index contributed by atoms with van der Waals surface area (Å²) in [7, 11) is 4.30. The predicted molar refractivity (Wildman–Crippen MR) is 99.2 cm³/mol. The number of anilines is 2. The number of para-hydroxylation sites is 2. The maximum atomic E-state index is 2.57. The van der Waals surface area contributed by atoms with Gasteiger partial charge in [0.05, 0.1) is 24.1 Å². The molecule has 1 heterocycles. The summed E-state index contributed by atoms with van der Waals surface area (Å²) in [6.45, 7) is 5.34. The highest BCUT2D eigenvalue weighted by atomic mass is 15.4. The summed E-state index contributed by atoms with van der Waals surface area (Å²) in [5, 5.41) is 0. The molecule has 0 N–H and O–H groups in total. The number of hydrogen-bond acceptors (Lipinski definition) is 3. The minimum atomic E-state index is 0.413. The second-order valence-electron chi connectivity index (χ2n) is 6.47. The van der Waals surface area contributed by atoms with E-state index in [9.17, 15) is 0 Å². The molecule has 0 saturated heterocycles. The largest absolute Gasteiger partial charge is 0.352 e. The van der Waals surface area contributed by atoms with Crippen LogP contribution in [0.1, 0.15) is 24.9 Å². The molecule has 23 heavy (non-hydrogen) atoms. The van der Waals surface area contributed by atoms with Crippen molar-refractivity contribution in [3.63, 3.8) is 0 Å². The summed E-state index contributed by atoms with van der Waals surface area (Å²) in [6.07, 6.45) is 1.13. The van der Waals surface area contributed by atoms with E-state index >= 15 is 0 Å². The summed E-state index contributed by atoms with van der Waals surface area (Å²) < 4.78 is 0. The molecular formula is C20H27N3. The van der Waals surface area contributed by atoms with Gasteiger partial charge in [0.15, 0.2) is 0 Å². The normalized spacial score (nSPS) is 15.1. The first-order chi connectivity index (χ1) is 11.2. The Morgan fingerprint density at radius 3 is 2.26 bits per heavy atom. The summed E-state index contributed by atoms with van der Waals surface area (Å²) >= 11 is 0. The molecule has 0 amide bonds. The lowest BCUT2D eigenvalue weighted by Crippen LogP contribution is -2.35. The highest BCUT2D eigenvalue weighted by Crippen LogP contribution is 2.41. The minimum Gasteiger partial charge on any atom is -0.352 e. The van der Waals surface area contributed by atoms with E-state index in [4.69, 9.17) is 0 Å². The summed E-state index contributed by atoms with van der Waals surface area (Å²) in [6, 6.07) is 20.1. The van der Waals surface area contributed by atoms with Crippen LogP contribution in [0.25, 0.3) is 0 Å². The van der Waals surface area contributed by atoms with Gasteiger partial charge in [0.25, 0.3) is 0 Å². The zero-order valence-electron chi connectivity index (χ0n) is 14.4. The van der Waals surface area contributed by atoms with Crippen molar-refractivity contribution in [3.8, 4) is 0 Å². The summed E-state index contributed by atoms with van der Waals surface area (Å²) in [4.78, 5) is 7.30. The van der Waals surface area contributed by atoms with Gasteiger partial charge < -0.3 is 14.7 Å². The van der Waals surface area contributed by atoms with E-state index in [1.54, 1.807) is 0 Å². The van der Waals surface area contributed by atoms with Crippen molar-refractivity contribution < 1.29 is 0 Å². The Balaban J connectivity index is 1.94. The molecule has 0 aliphatic carbocycles. The van der Waals surface area contributed by atoms with Crippen LogP contribution in [0.4, 0.5) is 11.4 Å². The Morgan fingerprint density at radius 2 is 1.61 bits per heavy atom. The minimum absolute atomic E-state index is 0.413. The standard InChI is InChI=1S/C20H27N3/c1-4-22-16-23(20-13-9-8-12-19(20)22)18(14-15-21(2)3)17-10-6-5-7-11-17/h5-13,18H,4,14-16H2,1-3H3. The van der Waals surface area contributed by atoms with Gasteiger partial charge in [0.1, 0.15) is 0 Å². The van der Waals surface area contributed by atoms with Crippen LogP contribution in [0.3, 0.4) is 0 Å². The smallest absolute Gasteiger partial charge is 0.0910 e. The molecule has 3 rings (SSSR count). The fourth-order valence-corrected chi connectivity index (χ4v) is 3.41. The third kappa shape index (κ3) is 3.35. The van der Waals surface area contributed by atoms with Gasteiger partial charge in [-0.15, -0.1) is 0 Å². The van der Waals surface area contributed by atoms with E-state index in [0.717, 1.165) is 26.2 Å². The van der Waals surface area contributed by atoms with Crippen LogP contribution in [0.5, 0.6) is 0 Å². The molecule has 2 aromatic rings. The van der Waals surface area contributed by atoms with E-state index < -0.39 is 0 Å². The molecule has 1 aliphatic heterocycles. The molecule has 0 bridgehead atoms.